The molecule has 1 aromatic carbocycles. The molecule has 0 saturated carbocycles. The van der Waals surface area contributed by atoms with E-state index in [1.54, 1.807) is 20.8 Å². The molecule has 0 aliphatic rings. The molecule has 0 heterocycles. The number of amides is 3. The molecule has 186 valence electrons. The van der Waals surface area contributed by atoms with Gasteiger partial charge in [0.2, 0.25) is 11.8 Å². The van der Waals surface area contributed by atoms with Gasteiger partial charge in [0.05, 0.1) is 6.61 Å². The molecule has 0 radical (unpaired) electrons. The molecule has 0 saturated heterocycles. The maximum absolute atomic E-state index is 13.6. The topological polar surface area (TPSA) is 108 Å². The number of ether oxygens (including phenoxy) is 1. The van der Waals surface area contributed by atoms with Gasteiger partial charge in [0.15, 0.2) is 0 Å². The first kappa shape index (κ1) is 28.4. The van der Waals surface area contributed by atoms with Crippen LogP contribution in [0.5, 0.6) is 0 Å². The van der Waals surface area contributed by atoms with Gasteiger partial charge in [-0.05, 0) is 53.5 Å². The van der Waals surface area contributed by atoms with E-state index in [0.717, 1.165) is 18.4 Å². The minimum atomic E-state index is -1.23. The standard InChI is InChI=1S/C25H41N3O5/c1-8-9-10-15-28(23(31)20(16-29)27-24(32)33-25(5,6)7)21(22(30)26-17(2)3)19-13-11-18(4)12-14-19/h11-14,17,20-21,29H,8-10,15-16H2,1-7H3,(H,26,30)(H,27,32). The van der Waals surface area contributed by atoms with Gasteiger partial charge in [0, 0.05) is 12.6 Å². The number of benzene rings is 1. The van der Waals surface area contributed by atoms with E-state index < -0.39 is 36.3 Å². The quantitative estimate of drug-likeness (QED) is 0.436. The van der Waals surface area contributed by atoms with Gasteiger partial charge in [-0.15, -0.1) is 0 Å². The second kappa shape index (κ2) is 13.2. The van der Waals surface area contributed by atoms with E-state index in [4.69, 9.17) is 4.74 Å². The van der Waals surface area contributed by atoms with Gasteiger partial charge in [-0.25, -0.2) is 4.79 Å². The van der Waals surface area contributed by atoms with E-state index in [-0.39, 0.29) is 11.9 Å². The zero-order valence-electron chi connectivity index (χ0n) is 21.1. The summed E-state index contributed by atoms with van der Waals surface area (Å²) >= 11 is 0. The van der Waals surface area contributed by atoms with Gasteiger partial charge in [-0.2, -0.15) is 0 Å². The Bertz CT molecular complexity index is 771. The van der Waals surface area contributed by atoms with Crippen LogP contribution in [0.4, 0.5) is 4.79 Å². The van der Waals surface area contributed by atoms with Crippen molar-refractivity contribution in [2.45, 2.75) is 91.5 Å². The molecule has 2 unspecified atom stereocenters. The van der Waals surface area contributed by atoms with Gasteiger partial charge in [-0.1, -0.05) is 49.6 Å². The van der Waals surface area contributed by atoms with E-state index in [0.29, 0.717) is 18.5 Å². The van der Waals surface area contributed by atoms with E-state index in [2.05, 4.69) is 17.6 Å². The van der Waals surface area contributed by atoms with Crippen molar-refractivity contribution in [2.24, 2.45) is 0 Å². The molecule has 0 spiro atoms. The predicted molar refractivity (Wildman–Crippen MR) is 129 cm³/mol. The van der Waals surface area contributed by atoms with Crippen molar-refractivity contribution < 1.29 is 24.2 Å². The third-order valence-electron chi connectivity index (χ3n) is 4.84. The number of carbonyl (C=O) groups excluding carboxylic acids is 3. The van der Waals surface area contributed by atoms with Crippen molar-refractivity contribution in [1.29, 1.82) is 0 Å². The fraction of sp³-hybridized carbons (Fsp3) is 0.640. The van der Waals surface area contributed by atoms with Crippen molar-refractivity contribution in [1.82, 2.24) is 15.5 Å². The minimum absolute atomic E-state index is 0.119. The Morgan fingerprint density at radius 2 is 1.67 bits per heavy atom. The first-order valence-corrected chi connectivity index (χ1v) is 11.7. The average molecular weight is 464 g/mol. The molecular weight excluding hydrogens is 422 g/mol. The summed E-state index contributed by atoms with van der Waals surface area (Å²) < 4.78 is 5.25. The molecule has 0 aromatic heterocycles. The normalized spacial score (nSPS) is 13.2. The van der Waals surface area contributed by atoms with Crippen LogP contribution in [0.1, 0.15) is 78.0 Å². The van der Waals surface area contributed by atoms with Crippen molar-refractivity contribution >= 4 is 17.9 Å². The molecule has 8 nitrogen and oxygen atoms in total. The number of hydrogen-bond acceptors (Lipinski definition) is 5. The monoisotopic (exact) mass is 463 g/mol. The fourth-order valence-corrected chi connectivity index (χ4v) is 3.32. The number of nitrogens with one attached hydrogen (secondary N) is 2. The molecule has 2 atom stereocenters. The summed E-state index contributed by atoms with van der Waals surface area (Å²) in [7, 11) is 0. The maximum atomic E-state index is 13.6. The number of nitrogens with zero attached hydrogens (tertiary/aromatic N) is 1. The Morgan fingerprint density at radius 3 is 2.15 bits per heavy atom. The summed E-state index contributed by atoms with van der Waals surface area (Å²) in [6.45, 7) is 12.5. The molecule has 0 aliphatic carbocycles. The molecule has 0 bridgehead atoms. The van der Waals surface area contributed by atoms with Crippen molar-refractivity contribution in [2.75, 3.05) is 13.2 Å². The fourth-order valence-electron chi connectivity index (χ4n) is 3.32. The molecule has 3 amide bonds. The largest absolute Gasteiger partial charge is 0.444 e. The van der Waals surface area contributed by atoms with Crippen LogP contribution in [0.2, 0.25) is 0 Å². The number of carbonyl (C=O) groups is 3. The molecule has 1 rings (SSSR count). The van der Waals surface area contributed by atoms with E-state index in [9.17, 15) is 19.5 Å². The zero-order valence-corrected chi connectivity index (χ0v) is 21.1. The Kier molecular flexibility index (Phi) is 11.4. The van der Waals surface area contributed by atoms with Gasteiger partial charge in [0.1, 0.15) is 17.7 Å². The summed E-state index contributed by atoms with van der Waals surface area (Å²) in [5, 5.41) is 15.3. The molecule has 1 aromatic rings. The lowest BCUT2D eigenvalue weighted by molar-refractivity contribution is -0.143. The summed E-state index contributed by atoms with van der Waals surface area (Å²) in [6, 6.07) is 5.19. The number of rotatable bonds is 11. The smallest absolute Gasteiger partial charge is 0.408 e. The maximum Gasteiger partial charge on any atom is 0.408 e. The lowest BCUT2D eigenvalue weighted by Gasteiger charge is -2.34. The van der Waals surface area contributed by atoms with Crippen LogP contribution in [-0.4, -0.2) is 58.8 Å². The number of aliphatic hydroxyl groups is 1. The molecule has 33 heavy (non-hydrogen) atoms. The highest BCUT2D eigenvalue weighted by Crippen LogP contribution is 2.24. The zero-order chi connectivity index (χ0) is 25.2. The van der Waals surface area contributed by atoms with Gasteiger partial charge >= 0.3 is 6.09 Å². The number of alkyl carbamates (subject to hydrolysis) is 1. The van der Waals surface area contributed by atoms with Gasteiger partial charge < -0.3 is 25.4 Å². The lowest BCUT2D eigenvalue weighted by atomic mass is 10.0. The highest BCUT2D eigenvalue weighted by molar-refractivity contribution is 5.92. The van der Waals surface area contributed by atoms with Crippen molar-refractivity contribution in [3.8, 4) is 0 Å². The number of aryl methyl sites for hydroxylation is 1. The van der Waals surface area contributed by atoms with E-state index in [1.807, 2.05) is 45.0 Å². The Morgan fingerprint density at radius 1 is 1.06 bits per heavy atom. The number of hydrogen-bond donors (Lipinski definition) is 3. The Labute approximate surface area is 198 Å². The molecule has 0 aliphatic heterocycles. The number of aliphatic hydroxyl groups excluding tert-OH is 1. The minimum Gasteiger partial charge on any atom is -0.444 e. The Balaban J connectivity index is 3.33. The van der Waals surface area contributed by atoms with Crippen molar-refractivity contribution in [3.05, 3.63) is 35.4 Å². The second-order valence-corrected chi connectivity index (χ2v) is 9.60. The first-order chi connectivity index (χ1) is 15.4. The summed E-state index contributed by atoms with van der Waals surface area (Å²) in [4.78, 5) is 40.5. The van der Waals surface area contributed by atoms with E-state index in [1.165, 1.54) is 4.90 Å². The predicted octanol–water partition coefficient (Wildman–Crippen LogP) is 3.47. The van der Waals surface area contributed by atoms with Crippen LogP contribution >= 0.6 is 0 Å². The summed E-state index contributed by atoms with van der Waals surface area (Å²) in [6.07, 6.45) is 1.69. The average Bonchev–Trinajstić information content (AvgIpc) is 2.70. The lowest BCUT2D eigenvalue weighted by Crippen LogP contribution is -2.55. The van der Waals surface area contributed by atoms with Crippen LogP contribution in [0.25, 0.3) is 0 Å². The second-order valence-electron chi connectivity index (χ2n) is 9.60. The highest BCUT2D eigenvalue weighted by Gasteiger charge is 2.36. The first-order valence-electron chi connectivity index (χ1n) is 11.7. The highest BCUT2D eigenvalue weighted by atomic mass is 16.6. The summed E-state index contributed by atoms with van der Waals surface area (Å²) in [5.74, 6) is -0.850. The third-order valence-corrected chi connectivity index (χ3v) is 4.84. The van der Waals surface area contributed by atoms with E-state index >= 15 is 0 Å². The van der Waals surface area contributed by atoms with Crippen LogP contribution in [0.15, 0.2) is 24.3 Å². The third kappa shape index (κ3) is 9.82. The van der Waals surface area contributed by atoms with Gasteiger partial charge in [0.25, 0.3) is 0 Å². The number of unbranched alkanes of at least 4 members (excludes halogenated alkanes) is 2. The van der Waals surface area contributed by atoms with Crippen molar-refractivity contribution in [3.63, 3.8) is 0 Å². The van der Waals surface area contributed by atoms with Gasteiger partial charge in [-0.3, -0.25) is 9.59 Å². The van der Waals surface area contributed by atoms with Crippen LogP contribution in [0, 0.1) is 6.92 Å². The SMILES string of the molecule is CCCCCN(C(=O)C(CO)NC(=O)OC(C)(C)C)C(C(=O)NC(C)C)c1ccc(C)cc1. The van der Waals surface area contributed by atoms with Crippen LogP contribution in [-0.2, 0) is 14.3 Å². The molecular formula is C25H41N3O5. The molecule has 3 N–H and O–H groups in total. The van der Waals surface area contributed by atoms with Crippen LogP contribution < -0.4 is 10.6 Å². The summed E-state index contributed by atoms with van der Waals surface area (Å²) in [5.41, 5.74) is 0.943. The molecule has 0 fully saturated rings. The molecule has 8 heteroatoms. The Hall–Kier alpha value is -2.61. The van der Waals surface area contributed by atoms with Crippen LogP contribution in [0.3, 0.4) is 0 Å².